The van der Waals surface area contributed by atoms with Gasteiger partial charge in [0.1, 0.15) is 13.7 Å². The first-order chi connectivity index (χ1) is 7.51. The van der Waals surface area contributed by atoms with Crippen molar-refractivity contribution in [3.05, 3.63) is 0 Å². The maximum Gasteiger partial charge on any atom is 0.414 e. The van der Waals surface area contributed by atoms with Crippen LogP contribution in [0.4, 0.5) is 4.79 Å². The molecule has 0 aliphatic heterocycles. The van der Waals surface area contributed by atoms with Crippen molar-refractivity contribution in [3.8, 4) is 0 Å². The van der Waals surface area contributed by atoms with E-state index in [1.807, 2.05) is 0 Å². The normalized spacial score (nSPS) is 10.6. The predicted octanol–water partition coefficient (Wildman–Crippen LogP) is -0.334. The van der Waals surface area contributed by atoms with Gasteiger partial charge in [0.2, 0.25) is 5.96 Å². The first kappa shape index (κ1) is 14.0. The standard InChI is InChI=1S/C8H15N3O5/c1-4-16-8(14)9-7(10-15-3)11(2)5-6(12)13/h4-5H2,1-3H3,(H,12,13)(H,9,10,14). The number of carbonyl (C=O) groups is 2. The van der Waals surface area contributed by atoms with Gasteiger partial charge in [0.05, 0.1) is 6.61 Å². The second kappa shape index (κ2) is 7.32. The number of carbonyl (C=O) groups excluding carboxylic acids is 1. The number of carboxylic acids is 1. The third-order valence-corrected chi connectivity index (χ3v) is 1.40. The monoisotopic (exact) mass is 233 g/mol. The van der Waals surface area contributed by atoms with E-state index in [4.69, 9.17) is 5.11 Å². The van der Waals surface area contributed by atoms with Crippen LogP contribution in [0.1, 0.15) is 6.92 Å². The van der Waals surface area contributed by atoms with E-state index in [1.165, 1.54) is 19.1 Å². The van der Waals surface area contributed by atoms with E-state index in [1.54, 1.807) is 6.92 Å². The van der Waals surface area contributed by atoms with Gasteiger partial charge in [-0.2, -0.15) is 0 Å². The van der Waals surface area contributed by atoms with Crippen LogP contribution in [-0.4, -0.2) is 55.3 Å². The second-order valence-electron chi connectivity index (χ2n) is 2.69. The van der Waals surface area contributed by atoms with E-state index in [0.717, 1.165) is 0 Å². The zero-order chi connectivity index (χ0) is 12.6. The highest BCUT2D eigenvalue weighted by molar-refractivity contribution is 5.94. The number of rotatable bonds is 4. The highest BCUT2D eigenvalue weighted by atomic mass is 16.6. The van der Waals surface area contributed by atoms with Gasteiger partial charge in [-0.15, -0.1) is 0 Å². The number of hydrogen-bond acceptors (Lipinski definition) is 5. The van der Waals surface area contributed by atoms with Crippen molar-refractivity contribution < 1.29 is 24.3 Å². The minimum Gasteiger partial charge on any atom is -0.480 e. The van der Waals surface area contributed by atoms with Gasteiger partial charge in [-0.25, -0.2) is 4.79 Å². The van der Waals surface area contributed by atoms with Crippen molar-refractivity contribution >= 4 is 18.0 Å². The molecule has 2 N–H and O–H groups in total. The zero-order valence-corrected chi connectivity index (χ0v) is 9.39. The molecule has 0 heterocycles. The summed E-state index contributed by atoms with van der Waals surface area (Å²) in [5.74, 6) is -1.10. The fourth-order valence-corrected chi connectivity index (χ4v) is 0.811. The molecule has 16 heavy (non-hydrogen) atoms. The summed E-state index contributed by atoms with van der Waals surface area (Å²) < 4.78 is 4.61. The quantitative estimate of drug-likeness (QED) is 0.391. The lowest BCUT2D eigenvalue weighted by Crippen LogP contribution is -2.44. The Morgan fingerprint density at radius 1 is 1.50 bits per heavy atom. The molecule has 0 atom stereocenters. The molecular formula is C8H15N3O5. The highest BCUT2D eigenvalue weighted by Gasteiger charge is 2.14. The van der Waals surface area contributed by atoms with Crippen molar-refractivity contribution in [1.29, 1.82) is 0 Å². The van der Waals surface area contributed by atoms with E-state index < -0.39 is 12.1 Å². The lowest BCUT2D eigenvalue weighted by Gasteiger charge is -2.18. The van der Waals surface area contributed by atoms with Crippen LogP contribution in [-0.2, 0) is 14.4 Å². The molecule has 8 heteroatoms. The minimum absolute atomic E-state index is 0.0386. The van der Waals surface area contributed by atoms with Crippen LogP contribution >= 0.6 is 0 Å². The van der Waals surface area contributed by atoms with E-state index in [9.17, 15) is 9.59 Å². The predicted molar refractivity (Wildman–Crippen MR) is 54.9 cm³/mol. The average molecular weight is 233 g/mol. The number of ether oxygens (including phenoxy) is 1. The number of nitrogens with zero attached hydrogens (tertiary/aromatic N) is 2. The molecule has 0 unspecified atom stereocenters. The van der Waals surface area contributed by atoms with Crippen LogP contribution in [0, 0.1) is 0 Å². The SMILES string of the molecule is CCOC(=O)N/C(=N\OC)N(C)CC(=O)O. The Balaban J connectivity index is 4.43. The van der Waals surface area contributed by atoms with Gasteiger partial charge in [0.25, 0.3) is 0 Å². The number of carboxylic acid groups (broad SMARTS) is 1. The molecule has 0 saturated carbocycles. The Morgan fingerprint density at radius 3 is 2.56 bits per heavy atom. The number of nitrogens with one attached hydrogen (secondary N) is 1. The summed E-state index contributed by atoms with van der Waals surface area (Å²) in [4.78, 5) is 27.2. The molecule has 0 bridgehead atoms. The van der Waals surface area contributed by atoms with Crippen LogP contribution in [0.25, 0.3) is 0 Å². The van der Waals surface area contributed by atoms with Crippen molar-refractivity contribution in [2.24, 2.45) is 5.16 Å². The second-order valence-corrected chi connectivity index (χ2v) is 2.69. The number of aliphatic carboxylic acids is 1. The van der Waals surface area contributed by atoms with E-state index in [2.05, 4.69) is 20.0 Å². The van der Waals surface area contributed by atoms with Gasteiger partial charge in [-0.1, -0.05) is 0 Å². The number of likely N-dealkylation sites (N-methyl/N-ethyl adjacent to an activating group) is 1. The Bertz CT molecular complexity index is 279. The molecule has 0 radical (unpaired) electrons. The lowest BCUT2D eigenvalue weighted by molar-refractivity contribution is -0.137. The van der Waals surface area contributed by atoms with Gasteiger partial charge in [0.15, 0.2) is 0 Å². The van der Waals surface area contributed by atoms with Crippen molar-refractivity contribution in [1.82, 2.24) is 10.2 Å². The smallest absolute Gasteiger partial charge is 0.414 e. The molecule has 0 aromatic carbocycles. The molecule has 92 valence electrons. The van der Waals surface area contributed by atoms with Gasteiger partial charge in [0, 0.05) is 7.05 Å². The summed E-state index contributed by atoms with van der Waals surface area (Å²) in [6.07, 6.45) is -0.726. The number of guanidine groups is 1. The van der Waals surface area contributed by atoms with E-state index >= 15 is 0 Å². The zero-order valence-electron chi connectivity index (χ0n) is 9.39. The van der Waals surface area contributed by atoms with Crippen LogP contribution in [0.3, 0.4) is 0 Å². The number of amides is 1. The van der Waals surface area contributed by atoms with Crippen LogP contribution in [0.15, 0.2) is 5.16 Å². The molecule has 0 spiro atoms. The largest absolute Gasteiger partial charge is 0.480 e. The van der Waals surface area contributed by atoms with Crippen molar-refractivity contribution in [3.63, 3.8) is 0 Å². The first-order valence-electron chi connectivity index (χ1n) is 4.49. The fraction of sp³-hybridized carbons (Fsp3) is 0.625. The topological polar surface area (TPSA) is 100 Å². The van der Waals surface area contributed by atoms with Crippen LogP contribution < -0.4 is 5.32 Å². The molecule has 1 amide bonds. The van der Waals surface area contributed by atoms with Gasteiger partial charge in [-0.05, 0) is 12.1 Å². The van der Waals surface area contributed by atoms with E-state index in [-0.39, 0.29) is 19.1 Å². The molecule has 0 aliphatic carbocycles. The molecule has 0 aliphatic rings. The number of alkyl carbamates (subject to hydrolysis) is 1. The maximum absolute atomic E-state index is 11.1. The van der Waals surface area contributed by atoms with Crippen molar-refractivity contribution in [2.75, 3.05) is 27.3 Å². The molecular weight excluding hydrogens is 218 g/mol. The highest BCUT2D eigenvalue weighted by Crippen LogP contribution is 1.88. The summed E-state index contributed by atoms with van der Waals surface area (Å²) in [6, 6.07) is 0. The van der Waals surface area contributed by atoms with Gasteiger partial charge >= 0.3 is 12.1 Å². The maximum atomic E-state index is 11.1. The molecule has 8 nitrogen and oxygen atoms in total. The van der Waals surface area contributed by atoms with Crippen LogP contribution in [0.5, 0.6) is 0 Å². The number of hydrogen-bond donors (Lipinski definition) is 2. The molecule has 0 aromatic heterocycles. The Hall–Kier alpha value is -1.99. The summed E-state index contributed by atoms with van der Waals surface area (Å²) in [5.41, 5.74) is 0. The minimum atomic E-state index is -1.06. The average Bonchev–Trinajstić information content (AvgIpc) is 2.16. The molecule has 0 saturated heterocycles. The molecule has 0 aromatic rings. The Labute approximate surface area is 92.8 Å². The van der Waals surface area contributed by atoms with Crippen LogP contribution in [0.2, 0.25) is 0 Å². The van der Waals surface area contributed by atoms with Gasteiger partial charge < -0.3 is 19.6 Å². The third-order valence-electron chi connectivity index (χ3n) is 1.40. The molecule has 0 rings (SSSR count). The Kier molecular flexibility index (Phi) is 6.41. The van der Waals surface area contributed by atoms with Gasteiger partial charge in [-0.3, -0.25) is 10.1 Å². The summed E-state index contributed by atoms with van der Waals surface area (Å²) >= 11 is 0. The van der Waals surface area contributed by atoms with Crippen molar-refractivity contribution in [2.45, 2.75) is 6.92 Å². The summed E-state index contributed by atoms with van der Waals surface area (Å²) in [5, 5.41) is 14.3. The lowest BCUT2D eigenvalue weighted by atomic mass is 10.6. The van der Waals surface area contributed by atoms with E-state index in [0.29, 0.717) is 0 Å². The summed E-state index contributed by atoms with van der Waals surface area (Å²) in [6.45, 7) is 1.52. The number of oxime groups is 1. The Morgan fingerprint density at radius 2 is 2.12 bits per heavy atom. The third kappa shape index (κ3) is 5.68. The summed E-state index contributed by atoms with van der Waals surface area (Å²) in [7, 11) is 2.72. The molecule has 0 fully saturated rings. The first-order valence-corrected chi connectivity index (χ1v) is 4.49. The fourth-order valence-electron chi connectivity index (χ4n) is 0.811.